The van der Waals surface area contributed by atoms with Gasteiger partial charge in [-0.05, 0) is 38.1 Å². The van der Waals surface area contributed by atoms with Crippen LogP contribution in [0.5, 0.6) is 0 Å². The van der Waals surface area contributed by atoms with E-state index in [0.29, 0.717) is 18.8 Å². The van der Waals surface area contributed by atoms with Crippen molar-refractivity contribution >= 4 is 11.9 Å². The van der Waals surface area contributed by atoms with Crippen LogP contribution >= 0.6 is 0 Å². The van der Waals surface area contributed by atoms with E-state index in [9.17, 15) is 9.59 Å². The zero-order valence-electron chi connectivity index (χ0n) is 12.9. The third-order valence-corrected chi connectivity index (χ3v) is 4.79. The Morgan fingerprint density at radius 2 is 1.86 bits per heavy atom. The second-order valence-corrected chi connectivity index (χ2v) is 6.49. The molecule has 0 aromatic carbocycles. The fourth-order valence-corrected chi connectivity index (χ4v) is 3.55. The van der Waals surface area contributed by atoms with E-state index >= 15 is 0 Å². The molecule has 0 spiro atoms. The standard InChI is InChI=1S/C16H28N2O3/c19-15(7-4-8-16(20)21)17-11-13-9-10-18(12-13)14-5-2-1-3-6-14/h13-14H,1-12H2,(H,17,19)(H,20,21)/t13-/m1/s1. The van der Waals surface area contributed by atoms with E-state index in [0.717, 1.165) is 19.1 Å². The Labute approximate surface area is 127 Å². The third kappa shape index (κ3) is 5.65. The van der Waals surface area contributed by atoms with Crippen LogP contribution in [0.1, 0.15) is 57.8 Å². The average molecular weight is 296 g/mol. The fraction of sp³-hybridized carbons (Fsp3) is 0.875. The molecule has 2 N–H and O–H groups in total. The van der Waals surface area contributed by atoms with Gasteiger partial charge in [-0.1, -0.05) is 19.3 Å². The second-order valence-electron chi connectivity index (χ2n) is 6.49. The van der Waals surface area contributed by atoms with Crippen molar-refractivity contribution < 1.29 is 14.7 Å². The topological polar surface area (TPSA) is 69.6 Å². The average Bonchev–Trinajstić information content (AvgIpc) is 2.94. The number of hydrogen-bond donors (Lipinski definition) is 2. The van der Waals surface area contributed by atoms with Gasteiger partial charge in [0.05, 0.1) is 0 Å². The number of nitrogens with one attached hydrogen (secondary N) is 1. The van der Waals surface area contributed by atoms with Gasteiger partial charge in [0, 0.05) is 32.0 Å². The Balaban J connectivity index is 1.59. The molecule has 120 valence electrons. The van der Waals surface area contributed by atoms with Crippen molar-refractivity contribution in [3.63, 3.8) is 0 Å². The number of carbonyl (C=O) groups excluding carboxylic acids is 1. The number of hydrogen-bond acceptors (Lipinski definition) is 3. The molecule has 21 heavy (non-hydrogen) atoms. The predicted molar refractivity (Wildman–Crippen MR) is 81.0 cm³/mol. The largest absolute Gasteiger partial charge is 0.481 e. The van der Waals surface area contributed by atoms with Crippen molar-refractivity contribution in [1.29, 1.82) is 0 Å². The molecule has 5 nitrogen and oxygen atoms in total. The number of rotatable bonds is 7. The van der Waals surface area contributed by atoms with Gasteiger partial charge >= 0.3 is 5.97 Å². The Morgan fingerprint density at radius 3 is 2.57 bits per heavy atom. The summed E-state index contributed by atoms with van der Waals surface area (Å²) in [6, 6.07) is 0.773. The highest BCUT2D eigenvalue weighted by atomic mass is 16.4. The van der Waals surface area contributed by atoms with E-state index in [-0.39, 0.29) is 12.3 Å². The van der Waals surface area contributed by atoms with Crippen molar-refractivity contribution in [2.24, 2.45) is 5.92 Å². The SMILES string of the molecule is O=C(O)CCCC(=O)NC[C@H]1CCN(C2CCCCC2)C1. The maximum absolute atomic E-state index is 11.6. The summed E-state index contributed by atoms with van der Waals surface area (Å²) in [6.45, 7) is 3.03. The summed E-state index contributed by atoms with van der Waals surface area (Å²) in [5.74, 6) is -0.274. The normalized spacial score (nSPS) is 24.1. The van der Waals surface area contributed by atoms with Gasteiger partial charge in [-0.2, -0.15) is 0 Å². The van der Waals surface area contributed by atoms with Crippen LogP contribution in [0.2, 0.25) is 0 Å². The molecule has 5 heteroatoms. The van der Waals surface area contributed by atoms with E-state index in [1.165, 1.54) is 45.1 Å². The Hall–Kier alpha value is -1.10. The second kappa shape index (κ2) is 8.37. The maximum atomic E-state index is 11.6. The monoisotopic (exact) mass is 296 g/mol. The van der Waals surface area contributed by atoms with Crippen LogP contribution in [-0.4, -0.2) is 47.6 Å². The summed E-state index contributed by atoms with van der Waals surface area (Å²) < 4.78 is 0. The lowest BCUT2D eigenvalue weighted by atomic mass is 9.94. The molecule has 1 saturated carbocycles. The van der Waals surface area contributed by atoms with Gasteiger partial charge in [0.15, 0.2) is 0 Å². The molecule has 1 amide bonds. The highest BCUT2D eigenvalue weighted by Crippen LogP contribution is 2.27. The molecule has 0 aromatic rings. The van der Waals surface area contributed by atoms with Gasteiger partial charge in [0.1, 0.15) is 0 Å². The molecule has 0 aromatic heterocycles. The smallest absolute Gasteiger partial charge is 0.303 e. The first-order chi connectivity index (χ1) is 10.1. The number of aliphatic carboxylic acids is 1. The van der Waals surface area contributed by atoms with Crippen molar-refractivity contribution in [3.8, 4) is 0 Å². The van der Waals surface area contributed by atoms with Crippen LogP contribution in [0.3, 0.4) is 0 Å². The molecule has 1 aliphatic heterocycles. The first-order valence-electron chi connectivity index (χ1n) is 8.37. The molecule has 1 atom stereocenters. The zero-order valence-corrected chi connectivity index (χ0v) is 12.9. The quantitative estimate of drug-likeness (QED) is 0.754. The van der Waals surface area contributed by atoms with Gasteiger partial charge in [-0.3, -0.25) is 9.59 Å². The molecule has 2 aliphatic rings. The lowest BCUT2D eigenvalue weighted by molar-refractivity contribution is -0.137. The van der Waals surface area contributed by atoms with Crippen molar-refractivity contribution in [2.75, 3.05) is 19.6 Å². The Morgan fingerprint density at radius 1 is 1.10 bits per heavy atom. The molecule has 0 unspecified atom stereocenters. The number of carboxylic acid groups (broad SMARTS) is 1. The third-order valence-electron chi connectivity index (χ3n) is 4.79. The van der Waals surface area contributed by atoms with Crippen LogP contribution in [0.15, 0.2) is 0 Å². The lowest BCUT2D eigenvalue weighted by Gasteiger charge is -2.31. The van der Waals surface area contributed by atoms with Crippen molar-refractivity contribution in [1.82, 2.24) is 10.2 Å². The van der Waals surface area contributed by atoms with Crippen LogP contribution in [0.25, 0.3) is 0 Å². The first kappa shape index (κ1) is 16.3. The van der Waals surface area contributed by atoms with Gasteiger partial charge in [-0.25, -0.2) is 0 Å². The summed E-state index contributed by atoms with van der Waals surface area (Å²) in [5, 5.41) is 11.5. The Bertz CT molecular complexity index is 353. The highest BCUT2D eigenvalue weighted by molar-refractivity contribution is 5.76. The van der Waals surface area contributed by atoms with Gasteiger partial charge in [0.2, 0.25) is 5.91 Å². The summed E-state index contributed by atoms with van der Waals surface area (Å²) >= 11 is 0. The zero-order chi connectivity index (χ0) is 15.1. The first-order valence-corrected chi connectivity index (χ1v) is 8.37. The van der Waals surface area contributed by atoms with Crippen molar-refractivity contribution in [2.45, 2.75) is 63.8 Å². The van der Waals surface area contributed by atoms with E-state index in [4.69, 9.17) is 5.11 Å². The molecule has 1 heterocycles. The van der Waals surface area contributed by atoms with Gasteiger partial charge < -0.3 is 15.3 Å². The molecular weight excluding hydrogens is 268 g/mol. The molecule has 0 bridgehead atoms. The summed E-state index contributed by atoms with van der Waals surface area (Å²) in [6.07, 6.45) is 8.81. The molecule has 2 rings (SSSR count). The maximum Gasteiger partial charge on any atom is 0.303 e. The molecule has 1 saturated heterocycles. The van der Waals surface area contributed by atoms with Gasteiger partial charge in [0.25, 0.3) is 0 Å². The number of likely N-dealkylation sites (tertiary alicyclic amines) is 1. The van der Waals surface area contributed by atoms with Crippen LogP contribution in [0.4, 0.5) is 0 Å². The van der Waals surface area contributed by atoms with Crippen LogP contribution in [0, 0.1) is 5.92 Å². The molecule has 2 fully saturated rings. The lowest BCUT2D eigenvalue weighted by Crippen LogP contribution is -2.36. The van der Waals surface area contributed by atoms with E-state index in [1.54, 1.807) is 0 Å². The summed E-state index contributed by atoms with van der Waals surface area (Å²) in [5.41, 5.74) is 0. The number of amides is 1. The minimum absolute atomic E-state index is 0.00707. The minimum Gasteiger partial charge on any atom is -0.481 e. The molecule has 1 aliphatic carbocycles. The summed E-state index contributed by atoms with van der Waals surface area (Å²) in [7, 11) is 0. The van der Waals surface area contributed by atoms with E-state index in [2.05, 4.69) is 10.2 Å². The molecular formula is C16H28N2O3. The number of nitrogens with zero attached hydrogens (tertiary/aromatic N) is 1. The van der Waals surface area contributed by atoms with Crippen LogP contribution < -0.4 is 5.32 Å². The van der Waals surface area contributed by atoms with E-state index in [1.807, 2.05) is 0 Å². The predicted octanol–water partition coefficient (Wildman–Crippen LogP) is 2.01. The number of carboxylic acids is 1. The van der Waals surface area contributed by atoms with Crippen LogP contribution in [-0.2, 0) is 9.59 Å². The molecule has 0 radical (unpaired) electrons. The fourth-order valence-electron chi connectivity index (χ4n) is 3.55. The van der Waals surface area contributed by atoms with Gasteiger partial charge in [-0.15, -0.1) is 0 Å². The number of carbonyl (C=O) groups is 2. The Kier molecular flexibility index (Phi) is 6.49. The van der Waals surface area contributed by atoms with E-state index < -0.39 is 5.97 Å². The highest BCUT2D eigenvalue weighted by Gasteiger charge is 2.28. The minimum atomic E-state index is -0.832. The van der Waals surface area contributed by atoms with Crippen molar-refractivity contribution in [3.05, 3.63) is 0 Å². The summed E-state index contributed by atoms with van der Waals surface area (Å²) in [4.78, 5) is 24.7.